The first kappa shape index (κ1) is 11.5. The van der Waals surface area contributed by atoms with Gasteiger partial charge in [-0.05, 0) is 24.4 Å². The Morgan fingerprint density at radius 2 is 2.06 bits per heavy atom. The molecule has 1 aliphatic carbocycles. The molecule has 0 amide bonds. The van der Waals surface area contributed by atoms with Gasteiger partial charge in [-0.25, -0.2) is 9.78 Å². The maximum atomic E-state index is 11.1. The van der Waals surface area contributed by atoms with E-state index in [1.165, 1.54) is 6.42 Å². The first-order chi connectivity index (χ1) is 7.61. The van der Waals surface area contributed by atoms with Crippen molar-refractivity contribution in [3.63, 3.8) is 0 Å². The van der Waals surface area contributed by atoms with Crippen molar-refractivity contribution in [2.45, 2.75) is 38.0 Å². The highest BCUT2D eigenvalue weighted by Crippen LogP contribution is 2.35. The molecule has 5 heteroatoms. The largest absolute Gasteiger partial charge is 0.476 e. The molecule has 0 aromatic carbocycles. The van der Waals surface area contributed by atoms with Crippen LogP contribution in [0, 0.1) is 0 Å². The summed E-state index contributed by atoms with van der Waals surface area (Å²) in [4.78, 5) is 15.0. The molecular formula is C11H15ClN2O2. The van der Waals surface area contributed by atoms with Gasteiger partial charge in [0.1, 0.15) is 0 Å². The predicted molar refractivity (Wildman–Crippen MR) is 61.0 cm³/mol. The highest BCUT2D eigenvalue weighted by atomic mass is 35.5. The van der Waals surface area contributed by atoms with Crippen LogP contribution in [0.4, 0.5) is 0 Å². The van der Waals surface area contributed by atoms with Gasteiger partial charge in [0.05, 0.1) is 5.69 Å². The van der Waals surface area contributed by atoms with Gasteiger partial charge in [0.2, 0.25) is 5.28 Å². The lowest BCUT2D eigenvalue weighted by Crippen LogP contribution is -2.13. The fraction of sp³-hybridized carbons (Fsp3) is 0.636. The number of carbonyl (C=O) groups is 1. The smallest absolute Gasteiger partial charge is 0.356 e. The minimum Gasteiger partial charge on any atom is -0.476 e. The van der Waals surface area contributed by atoms with Crippen LogP contribution in [-0.2, 0) is 7.05 Å². The summed E-state index contributed by atoms with van der Waals surface area (Å²) in [7, 11) is 1.78. The third-order valence-corrected chi connectivity index (χ3v) is 3.62. The van der Waals surface area contributed by atoms with Gasteiger partial charge in [0.15, 0.2) is 5.69 Å². The SMILES string of the molecule is Cn1c(Cl)nc(C(=O)O)c1C1CCCCC1. The van der Waals surface area contributed by atoms with Crippen LogP contribution in [0.25, 0.3) is 0 Å². The van der Waals surface area contributed by atoms with Gasteiger partial charge in [-0.3, -0.25) is 0 Å². The molecule has 1 fully saturated rings. The van der Waals surface area contributed by atoms with E-state index in [0.717, 1.165) is 31.4 Å². The highest BCUT2D eigenvalue weighted by Gasteiger charge is 2.27. The monoisotopic (exact) mass is 242 g/mol. The summed E-state index contributed by atoms with van der Waals surface area (Å²) in [5.74, 6) is -0.687. The lowest BCUT2D eigenvalue weighted by atomic mass is 9.86. The van der Waals surface area contributed by atoms with Gasteiger partial charge in [-0.2, -0.15) is 0 Å². The van der Waals surface area contributed by atoms with Crippen LogP contribution in [0.2, 0.25) is 5.28 Å². The lowest BCUT2D eigenvalue weighted by Gasteiger charge is -2.22. The van der Waals surface area contributed by atoms with Gasteiger partial charge in [-0.1, -0.05) is 19.3 Å². The molecule has 1 heterocycles. The van der Waals surface area contributed by atoms with Crippen molar-refractivity contribution in [3.05, 3.63) is 16.7 Å². The zero-order valence-electron chi connectivity index (χ0n) is 9.24. The Hall–Kier alpha value is -1.03. The maximum absolute atomic E-state index is 11.1. The molecule has 1 aromatic rings. The topological polar surface area (TPSA) is 55.1 Å². The van der Waals surface area contributed by atoms with E-state index >= 15 is 0 Å². The van der Waals surface area contributed by atoms with E-state index in [0.29, 0.717) is 5.92 Å². The fourth-order valence-electron chi connectivity index (χ4n) is 2.48. The second-order valence-electron chi connectivity index (χ2n) is 4.31. The minimum atomic E-state index is -0.983. The Balaban J connectivity index is 2.40. The number of hydrogen-bond donors (Lipinski definition) is 1. The summed E-state index contributed by atoms with van der Waals surface area (Å²) in [6.07, 6.45) is 5.63. The van der Waals surface area contributed by atoms with Crippen molar-refractivity contribution < 1.29 is 9.90 Å². The summed E-state index contributed by atoms with van der Waals surface area (Å²) in [5.41, 5.74) is 0.914. The van der Waals surface area contributed by atoms with Crippen molar-refractivity contribution >= 4 is 17.6 Å². The third-order valence-electron chi connectivity index (χ3n) is 3.28. The number of rotatable bonds is 2. The molecule has 0 bridgehead atoms. The van der Waals surface area contributed by atoms with Crippen LogP contribution < -0.4 is 0 Å². The van der Waals surface area contributed by atoms with Crippen molar-refractivity contribution in [1.29, 1.82) is 0 Å². The molecule has 2 rings (SSSR count). The number of aromatic nitrogens is 2. The molecule has 0 aliphatic heterocycles. The molecular weight excluding hydrogens is 228 g/mol. The number of imidazole rings is 1. The first-order valence-electron chi connectivity index (χ1n) is 5.56. The summed E-state index contributed by atoms with van der Waals surface area (Å²) < 4.78 is 1.71. The van der Waals surface area contributed by atoms with Crippen LogP contribution in [-0.4, -0.2) is 20.6 Å². The molecule has 1 aliphatic rings. The van der Waals surface area contributed by atoms with Crippen LogP contribution in [0.3, 0.4) is 0 Å². The number of hydrogen-bond acceptors (Lipinski definition) is 2. The molecule has 0 spiro atoms. The summed E-state index contributed by atoms with van der Waals surface area (Å²) in [5, 5.41) is 9.36. The average molecular weight is 243 g/mol. The van der Waals surface area contributed by atoms with E-state index in [1.807, 2.05) is 0 Å². The number of carboxylic acid groups (broad SMARTS) is 1. The molecule has 4 nitrogen and oxygen atoms in total. The second-order valence-corrected chi connectivity index (χ2v) is 4.65. The molecule has 16 heavy (non-hydrogen) atoms. The molecule has 0 unspecified atom stereocenters. The number of halogens is 1. The minimum absolute atomic E-state index is 0.124. The fourth-order valence-corrected chi connectivity index (χ4v) is 2.66. The first-order valence-corrected chi connectivity index (χ1v) is 5.94. The average Bonchev–Trinajstić information content (AvgIpc) is 2.57. The Morgan fingerprint density at radius 3 is 2.62 bits per heavy atom. The van der Waals surface area contributed by atoms with Crippen LogP contribution >= 0.6 is 11.6 Å². The lowest BCUT2D eigenvalue weighted by molar-refractivity contribution is 0.0688. The Kier molecular flexibility index (Phi) is 3.19. The van der Waals surface area contributed by atoms with E-state index in [1.54, 1.807) is 11.6 Å². The zero-order valence-corrected chi connectivity index (χ0v) is 10.00. The standard InChI is InChI=1S/C11H15ClN2O2/c1-14-9(7-5-3-2-4-6-7)8(10(15)16)13-11(14)12/h7H,2-6H2,1H3,(H,15,16). The summed E-state index contributed by atoms with van der Waals surface area (Å²) in [6, 6.07) is 0. The Morgan fingerprint density at radius 1 is 1.44 bits per heavy atom. The van der Waals surface area contributed by atoms with Gasteiger partial charge in [0, 0.05) is 13.0 Å². The van der Waals surface area contributed by atoms with Crippen molar-refractivity contribution in [1.82, 2.24) is 9.55 Å². The second kappa shape index (κ2) is 4.45. The zero-order chi connectivity index (χ0) is 11.7. The van der Waals surface area contributed by atoms with E-state index in [2.05, 4.69) is 4.98 Å². The number of nitrogens with zero attached hydrogens (tertiary/aromatic N) is 2. The Labute approximate surface area is 99.2 Å². The molecule has 0 radical (unpaired) electrons. The molecule has 1 saturated carbocycles. The normalized spacial score (nSPS) is 17.6. The van der Waals surface area contributed by atoms with E-state index in [-0.39, 0.29) is 11.0 Å². The predicted octanol–water partition coefficient (Wildman–Crippen LogP) is 2.82. The van der Waals surface area contributed by atoms with Gasteiger partial charge < -0.3 is 9.67 Å². The number of aromatic carboxylic acids is 1. The van der Waals surface area contributed by atoms with Crippen LogP contribution in [0.15, 0.2) is 0 Å². The van der Waals surface area contributed by atoms with Crippen molar-refractivity contribution in [3.8, 4) is 0 Å². The number of carboxylic acids is 1. The molecule has 0 saturated heterocycles. The van der Waals surface area contributed by atoms with Crippen LogP contribution in [0.5, 0.6) is 0 Å². The van der Waals surface area contributed by atoms with Gasteiger partial charge in [0.25, 0.3) is 0 Å². The van der Waals surface area contributed by atoms with E-state index in [4.69, 9.17) is 16.7 Å². The summed E-state index contributed by atoms with van der Waals surface area (Å²) in [6.45, 7) is 0. The quantitative estimate of drug-likeness (QED) is 0.868. The van der Waals surface area contributed by atoms with Crippen molar-refractivity contribution in [2.24, 2.45) is 7.05 Å². The highest BCUT2D eigenvalue weighted by molar-refractivity contribution is 6.28. The molecule has 0 atom stereocenters. The van der Waals surface area contributed by atoms with Gasteiger partial charge >= 0.3 is 5.97 Å². The molecule has 88 valence electrons. The van der Waals surface area contributed by atoms with E-state index < -0.39 is 5.97 Å². The Bertz CT molecular complexity index is 408. The van der Waals surface area contributed by atoms with Crippen molar-refractivity contribution in [2.75, 3.05) is 0 Å². The molecule has 1 N–H and O–H groups in total. The van der Waals surface area contributed by atoms with Crippen LogP contribution in [0.1, 0.15) is 54.2 Å². The maximum Gasteiger partial charge on any atom is 0.356 e. The molecule has 1 aromatic heterocycles. The summed E-state index contributed by atoms with van der Waals surface area (Å²) >= 11 is 5.89. The third kappa shape index (κ3) is 1.94. The van der Waals surface area contributed by atoms with Gasteiger partial charge in [-0.15, -0.1) is 0 Å². The van der Waals surface area contributed by atoms with E-state index in [9.17, 15) is 4.79 Å².